The molecule has 0 atom stereocenters. The predicted molar refractivity (Wildman–Crippen MR) is 49.6 cm³/mol. The largest absolute Gasteiger partial charge is 0.316 e. The molecule has 4 heteroatoms. The van der Waals surface area contributed by atoms with Gasteiger partial charge in [-0.2, -0.15) is 5.26 Å². The average molecular weight is 176 g/mol. The third kappa shape index (κ3) is 6.81. The summed E-state index contributed by atoms with van der Waals surface area (Å²) in [5.74, 6) is 0. The van der Waals surface area contributed by atoms with Crippen LogP contribution >= 0.6 is 0 Å². The molecule has 0 rings (SSSR count). The van der Waals surface area contributed by atoms with E-state index in [2.05, 4.69) is 15.8 Å². The number of hydrogen-bond donors (Lipinski definition) is 0. The van der Waals surface area contributed by atoms with Crippen LogP contribution in [0.4, 0.5) is 0 Å². The van der Waals surface area contributed by atoms with E-state index in [-0.39, 0.29) is 0 Å². The quantitative estimate of drug-likeness (QED) is 0.567. The van der Waals surface area contributed by atoms with E-state index in [1.807, 2.05) is 4.90 Å². The van der Waals surface area contributed by atoms with E-state index < -0.39 is 0 Å². The normalized spacial score (nSPS) is 8.77. The molecule has 0 radical (unpaired) electrons. The third-order valence-electron chi connectivity index (χ3n) is 1.60. The minimum absolute atomic E-state index is 0.448. The fraction of sp³-hybridized carbons (Fsp3) is 0.667. The molecular weight excluding hydrogens is 164 g/mol. The molecule has 0 bridgehead atoms. The van der Waals surface area contributed by atoms with Crippen molar-refractivity contribution < 1.29 is 0 Å². The van der Waals surface area contributed by atoms with Crippen molar-refractivity contribution in [3.63, 3.8) is 0 Å². The van der Waals surface area contributed by atoms with E-state index in [1.54, 1.807) is 0 Å². The van der Waals surface area contributed by atoms with E-state index in [0.717, 1.165) is 0 Å². The van der Waals surface area contributed by atoms with Crippen molar-refractivity contribution in [3.05, 3.63) is 22.8 Å². The van der Waals surface area contributed by atoms with E-state index in [1.165, 1.54) is 0 Å². The monoisotopic (exact) mass is 176 g/mol. The molecule has 0 heterocycles. The Bertz CT molecular complexity index is 197. The van der Waals surface area contributed by atoms with Crippen molar-refractivity contribution in [1.82, 2.24) is 4.90 Å². The molecule has 13 heavy (non-hydrogen) atoms. The summed E-state index contributed by atoms with van der Waals surface area (Å²) in [6.45, 7) is 16.1. The van der Waals surface area contributed by atoms with Crippen molar-refractivity contribution in [2.45, 2.75) is 6.42 Å². The summed E-state index contributed by atoms with van der Waals surface area (Å²) in [6.07, 6.45) is 0.468. The van der Waals surface area contributed by atoms with Gasteiger partial charge in [0, 0.05) is 13.0 Å². The van der Waals surface area contributed by atoms with Gasteiger partial charge in [0.05, 0.1) is 19.2 Å². The van der Waals surface area contributed by atoms with Crippen LogP contribution in [-0.2, 0) is 0 Å². The summed E-state index contributed by atoms with van der Waals surface area (Å²) in [5.41, 5.74) is 0. The van der Waals surface area contributed by atoms with E-state index >= 15 is 0 Å². The molecule has 0 N–H and O–H groups in total. The molecule has 68 valence electrons. The molecule has 0 aromatic rings. The standard InChI is InChI=1S/C9H12N4/c1-11-5-8-13(7-3-4-10)9-6-12-2/h3,5-9H2. The van der Waals surface area contributed by atoms with Crippen molar-refractivity contribution >= 4 is 0 Å². The van der Waals surface area contributed by atoms with Crippen molar-refractivity contribution in [2.24, 2.45) is 0 Å². The zero-order valence-corrected chi connectivity index (χ0v) is 7.53. The summed E-state index contributed by atoms with van der Waals surface area (Å²) in [5, 5.41) is 8.37. The number of hydrogen-bond acceptors (Lipinski definition) is 2. The maximum absolute atomic E-state index is 8.37. The maximum atomic E-state index is 8.37. The Kier molecular flexibility index (Phi) is 7.50. The van der Waals surface area contributed by atoms with Crippen LogP contribution in [0.2, 0.25) is 0 Å². The van der Waals surface area contributed by atoms with Crippen LogP contribution in [0, 0.1) is 24.5 Å². The van der Waals surface area contributed by atoms with Gasteiger partial charge in [-0.1, -0.05) is 0 Å². The van der Waals surface area contributed by atoms with Crippen LogP contribution < -0.4 is 0 Å². The lowest BCUT2D eigenvalue weighted by molar-refractivity contribution is 0.306. The first-order chi connectivity index (χ1) is 6.35. The van der Waals surface area contributed by atoms with Crippen LogP contribution in [0.25, 0.3) is 9.69 Å². The molecule has 0 aliphatic heterocycles. The van der Waals surface area contributed by atoms with Gasteiger partial charge < -0.3 is 9.69 Å². The molecular formula is C9H12N4. The highest BCUT2D eigenvalue weighted by Crippen LogP contribution is 1.91. The topological polar surface area (TPSA) is 35.8 Å². The first kappa shape index (κ1) is 11.4. The second-order valence-electron chi connectivity index (χ2n) is 2.51. The van der Waals surface area contributed by atoms with Crippen molar-refractivity contribution in [1.29, 1.82) is 5.26 Å². The first-order valence-corrected chi connectivity index (χ1v) is 4.11. The minimum Gasteiger partial charge on any atom is -0.316 e. The Morgan fingerprint density at radius 1 is 1.08 bits per heavy atom. The van der Waals surface area contributed by atoms with Gasteiger partial charge in [-0.15, -0.1) is 0 Å². The van der Waals surface area contributed by atoms with Gasteiger partial charge in [0.25, 0.3) is 0 Å². The summed E-state index contributed by atoms with van der Waals surface area (Å²) in [6, 6.07) is 2.05. The molecule has 0 saturated heterocycles. The second-order valence-corrected chi connectivity index (χ2v) is 2.51. The lowest BCUT2D eigenvalue weighted by Gasteiger charge is -2.14. The van der Waals surface area contributed by atoms with Gasteiger partial charge in [-0.3, -0.25) is 4.90 Å². The summed E-state index contributed by atoms with van der Waals surface area (Å²) >= 11 is 0. The van der Waals surface area contributed by atoms with Crippen LogP contribution in [0.5, 0.6) is 0 Å². The minimum atomic E-state index is 0.448. The van der Waals surface area contributed by atoms with Gasteiger partial charge in [-0.05, 0) is 0 Å². The maximum Gasteiger partial charge on any atom is 0.227 e. The Labute approximate surface area is 79.0 Å². The van der Waals surface area contributed by atoms with Gasteiger partial charge in [0.15, 0.2) is 0 Å². The summed E-state index contributed by atoms with van der Waals surface area (Å²) in [4.78, 5) is 8.46. The average Bonchev–Trinajstić information content (AvgIpc) is 2.17. The molecule has 0 unspecified atom stereocenters. The van der Waals surface area contributed by atoms with Crippen molar-refractivity contribution in [3.8, 4) is 6.07 Å². The van der Waals surface area contributed by atoms with E-state index in [9.17, 15) is 0 Å². The van der Waals surface area contributed by atoms with Gasteiger partial charge >= 0.3 is 0 Å². The molecule has 0 saturated carbocycles. The van der Waals surface area contributed by atoms with Crippen LogP contribution in [0.1, 0.15) is 6.42 Å². The zero-order valence-electron chi connectivity index (χ0n) is 7.53. The first-order valence-electron chi connectivity index (χ1n) is 4.11. The van der Waals surface area contributed by atoms with Gasteiger partial charge in [0.2, 0.25) is 13.1 Å². The Hall–Kier alpha value is -1.57. The third-order valence-corrected chi connectivity index (χ3v) is 1.60. The van der Waals surface area contributed by atoms with E-state index in [0.29, 0.717) is 39.1 Å². The fourth-order valence-corrected chi connectivity index (χ4v) is 0.926. The van der Waals surface area contributed by atoms with Crippen LogP contribution in [-0.4, -0.2) is 37.6 Å². The molecule has 0 fully saturated rings. The molecule has 0 aromatic carbocycles. The highest BCUT2D eigenvalue weighted by Gasteiger charge is 2.06. The van der Waals surface area contributed by atoms with Gasteiger partial charge in [0.1, 0.15) is 0 Å². The fourth-order valence-electron chi connectivity index (χ4n) is 0.926. The lowest BCUT2D eigenvalue weighted by atomic mass is 10.4. The SMILES string of the molecule is [C-]#[N+]CCN(CCC#N)CC[N+]#[C-]. The molecule has 0 aliphatic carbocycles. The second kappa shape index (κ2) is 8.53. The zero-order chi connectivity index (χ0) is 9.94. The lowest BCUT2D eigenvalue weighted by Crippen LogP contribution is -2.29. The molecule has 0 aliphatic rings. The highest BCUT2D eigenvalue weighted by molar-refractivity contribution is 4.76. The summed E-state index contributed by atoms with van der Waals surface area (Å²) < 4.78 is 0. The van der Waals surface area contributed by atoms with Crippen LogP contribution in [0.3, 0.4) is 0 Å². The Balaban J connectivity index is 3.70. The Morgan fingerprint density at radius 3 is 2.00 bits per heavy atom. The Morgan fingerprint density at radius 2 is 1.62 bits per heavy atom. The smallest absolute Gasteiger partial charge is 0.227 e. The molecule has 0 aromatic heterocycles. The number of nitrogens with zero attached hydrogens (tertiary/aromatic N) is 4. The molecule has 0 spiro atoms. The number of nitriles is 1. The van der Waals surface area contributed by atoms with Crippen molar-refractivity contribution in [2.75, 3.05) is 32.7 Å². The molecule has 4 nitrogen and oxygen atoms in total. The summed E-state index contributed by atoms with van der Waals surface area (Å²) in [7, 11) is 0. The van der Waals surface area contributed by atoms with Crippen LogP contribution in [0.15, 0.2) is 0 Å². The van der Waals surface area contributed by atoms with Gasteiger partial charge in [-0.25, -0.2) is 13.1 Å². The highest BCUT2D eigenvalue weighted by atomic mass is 15.1. The van der Waals surface area contributed by atoms with E-state index in [4.69, 9.17) is 18.4 Å². The molecule has 0 amide bonds. The predicted octanol–water partition coefficient (Wildman–Crippen LogP) is 1.04. The number of rotatable bonds is 6.